The number of benzene rings is 1. The van der Waals surface area contributed by atoms with Crippen LogP contribution in [-0.2, 0) is 16.1 Å². The SMILES string of the molecule is CC(=O)[C@@]1(C(=O)NC2CCCCC2)CCC2=Nc3ccccc3CN21. The van der Waals surface area contributed by atoms with Crippen LogP contribution >= 0.6 is 0 Å². The van der Waals surface area contributed by atoms with Crippen molar-refractivity contribution >= 4 is 23.2 Å². The number of Topliss-reactive ketones (excluding diaryl/α,β-unsaturated/α-hetero) is 1. The maximum absolute atomic E-state index is 13.2. The van der Waals surface area contributed by atoms with E-state index in [-0.39, 0.29) is 17.7 Å². The fourth-order valence-electron chi connectivity index (χ4n) is 4.50. The molecule has 0 bridgehead atoms. The number of carbonyl (C=O) groups is 2. The fraction of sp³-hybridized carbons (Fsp3) is 0.550. The number of aliphatic imine (C=N–C) groups is 1. The van der Waals surface area contributed by atoms with Crippen molar-refractivity contribution in [3.05, 3.63) is 29.8 Å². The molecule has 132 valence electrons. The molecule has 1 atom stereocenters. The number of amides is 1. The Bertz CT molecular complexity index is 736. The Kier molecular flexibility index (Phi) is 4.10. The molecule has 1 saturated heterocycles. The third-order valence-electron chi connectivity index (χ3n) is 5.95. The topological polar surface area (TPSA) is 61.8 Å². The molecule has 0 aromatic heterocycles. The molecule has 0 spiro atoms. The summed E-state index contributed by atoms with van der Waals surface area (Å²) in [6.45, 7) is 2.12. The van der Waals surface area contributed by atoms with Gasteiger partial charge in [-0.25, -0.2) is 4.99 Å². The molecular weight excluding hydrogens is 314 g/mol. The standard InChI is InChI=1S/C20H25N3O2/c1-14(24)20(19(25)21-16-8-3-2-4-9-16)12-11-18-22-17-10-6-5-7-15(17)13-23(18)20/h5-7,10,16H,2-4,8-9,11-13H2,1H3,(H,21,25)/t20-/m1/s1. The quantitative estimate of drug-likeness (QED) is 0.861. The zero-order chi connectivity index (χ0) is 17.4. The van der Waals surface area contributed by atoms with Crippen LogP contribution in [0.1, 0.15) is 57.4 Å². The Balaban J connectivity index is 1.63. The molecule has 5 heteroatoms. The molecule has 5 nitrogen and oxygen atoms in total. The van der Waals surface area contributed by atoms with Crippen molar-refractivity contribution in [3.63, 3.8) is 0 Å². The van der Waals surface area contributed by atoms with Gasteiger partial charge in [-0.05, 0) is 37.8 Å². The van der Waals surface area contributed by atoms with Crippen molar-refractivity contribution < 1.29 is 9.59 Å². The monoisotopic (exact) mass is 339 g/mol. The predicted molar refractivity (Wildman–Crippen MR) is 96.7 cm³/mol. The normalized spacial score (nSPS) is 25.8. The number of fused-ring (bicyclic) bond motifs is 2. The van der Waals surface area contributed by atoms with Crippen molar-refractivity contribution in [2.24, 2.45) is 4.99 Å². The maximum atomic E-state index is 13.2. The number of nitrogens with one attached hydrogen (secondary N) is 1. The van der Waals surface area contributed by atoms with Gasteiger partial charge in [-0.1, -0.05) is 37.5 Å². The summed E-state index contributed by atoms with van der Waals surface area (Å²) in [5, 5.41) is 3.18. The van der Waals surface area contributed by atoms with E-state index in [1.807, 2.05) is 29.2 Å². The van der Waals surface area contributed by atoms with Gasteiger partial charge in [0.15, 0.2) is 11.3 Å². The predicted octanol–water partition coefficient (Wildman–Crippen LogP) is 3.10. The van der Waals surface area contributed by atoms with E-state index in [9.17, 15) is 9.59 Å². The van der Waals surface area contributed by atoms with Crippen molar-refractivity contribution in [3.8, 4) is 0 Å². The van der Waals surface area contributed by atoms with Gasteiger partial charge < -0.3 is 10.2 Å². The first-order valence-corrected chi connectivity index (χ1v) is 9.36. The summed E-state index contributed by atoms with van der Waals surface area (Å²) in [4.78, 5) is 32.6. The van der Waals surface area contributed by atoms with Gasteiger partial charge in [0.1, 0.15) is 5.84 Å². The molecule has 1 aliphatic carbocycles. The van der Waals surface area contributed by atoms with Crippen molar-refractivity contribution in [1.82, 2.24) is 10.2 Å². The van der Waals surface area contributed by atoms with Crippen LogP contribution in [0, 0.1) is 0 Å². The van der Waals surface area contributed by atoms with Gasteiger partial charge in [0.2, 0.25) is 0 Å². The third-order valence-corrected chi connectivity index (χ3v) is 5.95. The van der Waals surface area contributed by atoms with E-state index in [0.29, 0.717) is 19.4 Å². The van der Waals surface area contributed by atoms with Crippen LogP contribution in [0.4, 0.5) is 5.69 Å². The third kappa shape index (κ3) is 2.66. The van der Waals surface area contributed by atoms with E-state index < -0.39 is 5.54 Å². The summed E-state index contributed by atoms with van der Waals surface area (Å²) in [7, 11) is 0. The van der Waals surface area contributed by atoms with Gasteiger partial charge in [0, 0.05) is 19.0 Å². The van der Waals surface area contributed by atoms with Crippen LogP contribution in [0.5, 0.6) is 0 Å². The molecule has 4 rings (SSSR count). The Morgan fingerprint density at radius 1 is 1.20 bits per heavy atom. The molecule has 25 heavy (non-hydrogen) atoms. The van der Waals surface area contributed by atoms with Crippen LogP contribution in [0.3, 0.4) is 0 Å². The minimum absolute atomic E-state index is 0.0783. The highest BCUT2D eigenvalue weighted by molar-refractivity contribution is 6.15. The summed E-state index contributed by atoms with van der Waals surface area (Å²) >= 11 is 0. The molecule has 2 heterocycles. The minimum atomic E-state index is -1.09. The number of para-hydroxylation sites is 1. The van der Waals surface area contributed by atoms with Crippen LogP contribution in [0.2, 0.25) is 0 Å². The number of hydrogen-bond donors (Lipinski definition) is 1. The zero-order valence-corrected chi connectivity index (χ0v) is 14.8. The molecule has 1 aromatic carbocycles. The zero-order valence-electron chi connectivity index (χ0n) is 14.8. The number of hydrogen-bond acceptors (Lipinski definition) is 4. The van der Waals surface area contributed by atoms with Crippen LogP contribution < -0.4 is 5.32 Å². The number of rotatable bonds is 3. The molecule has 3 aliphatic rings. The molecule has 0 unspecified atom stereocenters. The highest BCUT2D eigenvalue weighted by Gasteiger charge is 2.54. The Morgan fingerprint density at radius 3 is 2.72 bits per heavy atom. The Hall–Kier alpha value is -2.17. The first kappa shape index (κ1) is 16.3. The van der Waals surface area contributed by atoms with Gasteiger partial charge in [0.05, 0.1) is 5.69 Å². The van der Waals surface area contributed by atoms with Crippen molar-refractivity contribution in [1.29, 1.82) is 0 Å². The highest BCUT2D eigenvalue weighted by Crippen LogP contribution is 2.39. The maximum Gasteiger partial charge on any atom is 0.253 e. The summed E-state index contributed by atoms with van der Waals surface area (Å²) in [6.07, 6.45) is 6.78. The highest BCUT2D eigenvalue weighted by atomic mass is 16.2. The van der Waals surface area contributed by atoms with E-state index in [1.54, 1.807) is 6.92 Å². The van der Waals surface area contributed by atoms with Crippen molar-refractivity contribution in [2.45, 2.75) is 70.0 Å². The summed E-state index contributed by atoms with van der Waals surface area (Å²) in [5.41, 5.74) is 0.939. The lowest BCUT2D eigenvalue weighted by Crippen LogP contribution is -2.62. The molecule has 1 amide bonds. The Labute approximate surface area is 148 Å². The van der Waals surface area contributed by atoms with E-state index in [4.69, 9.17) is 4.99 Å². The first-order chi connectivity index (χ1) is 12.1. The van der Waals surface area contributed by atoms with Crippen LogP contribution in [0.25, 0.3) is 0 Å². The number of ketones is 1. The molecular formula is C20H25N3O2. The first-order valence-electron chi connectivity index (χ1n) is 9.36. The van der Waals surface area contributed by atoms with Gasteiger partial charge in [-0.3, -0.25) is 9.59 Å². The van der Waals surface area contributed by atoms with E-state index >= 15 is 0 Å². The van der Waals surface area contributed by atoms with Crippen LogP contribution in [-0.4, -0.2) is 34.0 Å². The second-order valence-electron chi connectivity index (χ2n) is 7.47. The number of nitrogens with zero attached hydrogens (tertiary/aromatic N) is 2. The molecule has 1 aromatic rings. The second-order valence-corrected chi connectivity index (χ2v) is 7.47. The number of amidine groups is 1. The molecule has 2 aliphatic heterocycles. The van der Waals surface area contributed by atoms with Gasteiger partial charge in [-0.2, -0.15) is 0 Å². The lowest BCUT2D eigenvalue weighted by molar-refractivity contribution is -0.141. The van der Waals surface area contributed by atoms with E-state index in [0.717, 1.165) is 42.8 Å². The molecule has 2 fully saturated rings. The molecule has 1 saturated carbocycles. The average Bonchev–Trinajstić information content (AvgIpc) is 3.00. The molecule has 0 radical (unpaired) electrons. The molecule has 1 N–H and O–H groups in total. The lowest BCUT2D eigenvalue weighted by Gasteiger charge is -2.39. The van der Waals surface area contributed by atoms with Gasteiger partial charge in [-0.15, -0.1) is 0 Å². The number of carbonyl (C=O) groups excluding carboxylic acids is 2. The van der Waals surface area contributed by atoms with Crippen LogP contribution in [0.15, 0.2) is 29.3 Å². The second kappa shape index (κ2) is 6.28. The minimum Gasteiger partial charge on any atom is -0.351 e. The van der Waals surface area contributed by atoms with Gasteiger partial charge >= 0.3 is 0 Å². The van der Waals surface area contributed by atoms with Crippen molar-refractivity contribution in [2.75, 3.05) is 0 Å². The lowest BCUT2D eigenvalue weighted by atomic mass is 9.88. The summed E-state index contributed by atoms with van der Waals surface area (Å²) < 4.78 is 0. The largest absolute Gasteiger partial charge is 0.351 e. The smallest absolute Gasteiger partial charge is 0.253 e. The van der Waals surface area contributed by atoms with E-state index in [2.05, 4.69) is 5.32 Å². The Morgan fingerprint density at radius 2 is 1.96 bits per heavy atom. The van der Waals surface area contributed by atoms with Gasteiger partial charge in [0.25, 0.3) is 5.91 Å². The summed E-state index contributed by atoms with van der Waals surface area (Å²) in [6, 6.07) is 8.18. The van der Waals surface area contributed by atoms with E-state index in [1.165, 1.54) is 6.42 Å². The average molecular weight is 339 g/mol. The fourth-order valence-corrected chi connectivity index (χ4v) is 4.50. The summed E-state index contributed by atoms with van der Waals surface area (Å²) in [5.74, 6) is 0.662.